The average Bonchev–Trinajstić information content (AvgIpc) is 2.43. The minimum atomic E-state index is 0.738. The molecule has 116 valence electrons. The summed E-state index contributed by atoms with van der Waals surface area (Å²) in [5, 5.41) is 3.77. The second-order valence-corrected chi connectivity index (χ2v) is 7.11. The molecular formula is C19H30N2. The molecule has 2 bridgehead atoms. The maximum Gasteiger partial charge on any atom is 0.0376 e. The Bertz CT molecular complexity index is 448. The molecule has 1 aromatic carbocycles. The summed E-state index contributed by atoms with van der Waals surface area (Å²) >= 11 is 0. The van der Waals surface area contributed by atoms with Crippen LogP contribution >= 0.6 is 0 Å². The predicted octanol–water partition coefficient (Wildman–Crippen LogP) is 4.19. The number of anilines is 1. The van der Waals surface area contributed by atoms with Crippen molar-refractivity contribution in [1.29, 1.82) is 0 Å². The van der Waals surface area contributed by atoms with Gasteiger partial charge < -0.3 is 10.2 Å². The number of fused-ring (bicyclic) bond motifs is 2. The fraction of sp³-hybridized carbons (Fsp3) is 0.684. The van der Waals surface area contributed by atoms with Crippen molar-refractivity contribution >= 4 is 5.69 Å². The van der Waals surface area contributed by atoms with Crippen molar-refractivity contribution in [2.45, 2.75) is 77.4 Å². The van der Waals surface area contributed by atoms with Crippen molar-refractivity contribution in [3.8, 4) is 0 Å². The van der Waals surface area contributed by atoms with E-state index >= 15 is 0 Å². The van der Waals surface area contributed by atoms with Crippen molar-refractivity contribution in [2.24, 2.45) is 0 Å². The van der Waals surface area contributed by atoms with Gasteiger partial charge in [0, 0.05) is 23.8 Å². The van der Waals surface area contributed by atoms with Crippen LogP contribution in [0.4, 0.5) is 5.69 Å². The predicted molar refractivity (Wildman–Crippen MR) is 91.1 cm³/mol. The quantitative estimate of drug-likeness (QED) is 0.892. The Morgan fingerprint density at radius 2 is 1.67 bits per heavy atom. The first-order valence-electron chi connectivity index (χ1n) is 8.77. The van der Waals surface area contributed by atoms with Gasteiger partial charge >= 0.3 is 0 Å². The summed E-state index contributed by atoms with van der Waals surface area (Å²) in [4.78, 5) is 2.76. The lowest BCUT2D eigenvalue weighted by Gasteiger charge is -2.50. The van der Waals surface area contributed by atoms with Crippen molar-refractivity contribution < 1.29 is 0 Å². The topological polar surface area (TPSA) is 15.3 Å². The van der Waals surface area contributed by atoms with Gasteiger partial charge in [-0.2, -0.15) is 0 Å². The van der Waals surface area contributed by atoms with Crippen LogP contribution in [0.25, 0.3) is 0 Å². The largest absolute Gasteiger partial charge is 0.365 e. The van der Waals surface area contributed by atoms with Crippen LogP contribution in [0.5, 0.6) is 0 Å². The third kappa shape index (κ3) is 3.26. The molecule has 0 aromatic heterocycles. The summed E-state index contributed by atoms with van der Waals surface area (Å²) in [5.41, 5.74) is 4.26. The summed E-state index contributed by atoms with van der Waals surface area (Å²) < 4.78 is 0. The second-order valence-electron chi connectivity index (χ2n) is 7.11. The van der Waals surface area contributed by atoms with Crippen LogP contribution in [0.3, 0.4) is 0 Å². The van der Waals surface area contributed by atoms with Gasteiger partial charge in [-0.1, -0.05) is 13.0 Å². The molecule has 2 aliphatic heterocycles. The Hall–Kier alpha value is -1.02. The van der Waals surface area contributed by atoms with E-state index in [-0.39, 0.29) is 0 Å². The van der Waals surface area contributed by atoms with Crippen LogP contribution < -0.4 is 10.2 Å². The molecule has 0 spiro atoms. The first-order chi connectivity index (χ1) is 10.2. The van der Waals surface area contributed by atoms with Gasteiger partial charge in [0.05, 0.1) is 0 Å². The van der Waals surface area contributed by atoms with E-state index in [0.717, 1.165) is 18.1 Å². The number of hydrogen-bond donors (Lipinski definition) is 1. The Labute approximate surface area is 129 Å². The highest BCUT2D eigenvalue weighted by atomic mass is 15.2. The van der Waals surface area contributed by atoms with E-state index in [1.807, 2.05) is 0 Å². The summed E-state index contributed by atoms with van der Waals surface area (Å²) in [6, 6.07) is 9.29. The molecule has 2 fully saturated rings. The fourth-order valence-electron chi connectivity index (χ4n) is 4.42. The molecule has 0 radical (unpaired) electrons. The van der Waals surface area contributed by atoms with Gasteiger partial charge in [-0.15, -0.1) is 0 Å². The Kier molecular flexibility index (Phi) is 4.54. The zero-order chi connectivity index (χ0) is 14.8. The van der Waals surface area contributed by atoms with Crippen LogP contribution in [0.15, 0.2) is 18.2 Å². The minimum Gasteiger partial charge on any atom is -0.365 e. The van der Waals surface area contributed by atoms with E-state index in [1.54, 1.807) is 0 Å². The van der Waals surface area contributed by atoms with Crippen molar-refractivity contribution in [1.82, 2.24) is 5.32 Å². The van der Waals surface area contributed by atoms with Crippen LogP contribution in [-0.2, 0) is 0 Å². The lowest BCUT2D eigenvalue weighted by Crippen LogP contribution is -2.56. The Morgan fingerprint density at radius 1 is 1.05 bits per heavy atom. The summed E-state index contributed by atoms with van der Waals surface area (Å²) in [5.74, 6) is 0. The third-order valence-corrected chi connectivity index (χ3v) is 5.16. The normalized spacial score (nSPS) is 28.7. The molecule has 0 aliphatic carbocycles. The molecule has 21 heavy (non-hydrogen) atoms. The van der Waals surface area contributed by atoms with Crippen molar-refractivity contribution in [3.63, 3.8) is 0 Å². The van der Waals surface area contributed by atoms with E-state index in [4.69, 9.17) is 0 Å². The standard InChI is InChI=1S/C19H30N2/c1-4-8-20-16-12-17-6-5-7-18(13-16)21(17)19-10-14(2)9-15(3)11-19/h9-11,16-18,20H,4-8,12-13H2,1-3H3. The van der Waals surface area contributed by atoms with Gasteiger partial charge in [0.1, 0.15) is 0 Å². The summed E-state index contributed by atoms with van der Waals surface area (Å²) in [6.45, 7) is 7.88. The third-order valence-electron chi connectivity index (χ3n) is 5.16. The Morgan fingerprint density at radius 3 is 2.24 bits per heavy atom. The van der Waals surface area contributed by atoms with Gasteiger partial charge in [0.25, 0.3) is 0 Å². The highest BCUT2D eigenvalue weighted by Gasteiger charge is 2.38. The lowest BCUT2D eigenvalue weighted by atomic mass is 9.81. The van der Waals surface area contributed by atoms with Crippen LogP contribution in [0, 0.1) is 13.8 Å². The number of hydrogen-bond acceptors (Lipinski definition) is 2. The molecule has 1 aromatic rings. The molecule has 2 heteroatoms. The maximum atomic E-state index is 3.77. The van der Waals surface area contributed by atoms with Crippen LogP contribution in [-0.4, -0.2) is 24.7 Å². The van der Waals surface area contributed by atoms with E-state index in [0.29, 0.717) is 0 Å². The molecule has 2 saturated heterocycles. The minimum absolute atomic E-state index is 0.738. The monoisotopic (exact) mass is 286 g/mol. The molecule has 2 unspecified atom stereocenters. The first-order valence-corrected chi connectivity index (χ1v) is 8.77. The van der Waals surface area contributed by atoms with Crippen molar-refractivity contribution in [2.75, 3.05) is 11.4 Å². The van der Waals surface area contributed by atoms with E-state index in [2.05, 4.69) is 49.2 Å². The van der Waals surface area contributed by atoms with Crippen LogP contribution in [0.1, 0.15) is 56.6 Å². The smallest absolute Gasteiger partial charge is 0.0376 e. The highest BCUT2D eigenvalue weighted by molar-refractivity contribution is 5.53. The first kappa shape index (κ1) is 14.9. The van der Waals surface area contributed by atoms with E-state index in [9.17, 15) is 0 Å². The summed E-state index contributed by atoms with van der Waals surface area (Å²) in [6.07, 6.45) is 8.04. The van der Waals surface area contributed by atoms with Gasteiger partial charge in [-0.25, -0.2) is 0 Å². The fourth-order valence-corrected chi connectivity index (χ4v) is 4.42. The summed E-state index contributed by atoms with van der Waals surface area (Å²) in [7, 11) is 0. The average molecular weight is 286 g/mol. The maximum absolute atomic E-state index is 3.77. The molecule has 2 atom stereocenters. The SMILES string of the molecule is CCCNC1CC2CCCC(C1)N2c1cc(C)cc(C)c1. The molecule has 3 rings (SSSR count). The number of aryl methyl sites for hydroxylation is 2. The number of rotatable bonds is 4. The van der Waals surface area contributed by atoms with E-state index < -0.39 is 0 Å². The number of nitrogens with one attached hydrogen (secondary N) is 1. The van der Waals surface area contributed by atoms with Gasteiger partial charge in [-0.05, 0) is 82.2 Å². The van der Waals surface area contributed by atoms with Gasteiger partial charge in [-0.3, -0.25) is 0 Å². The van der Waals surface area contributed by atoms with Gasteiger partial charge in [0.15, 0.2) is 0 Å². The Balaban J connectivity index is 1.80. The second kappa shape index (κ2) is 6.39. The molecule has 2 nitrogen and oxygen atoms in total. The molecule has 2 heterocycles. The number of benzene rings is 1. The molecule has 1 N–H and O–H groups in total. The number of piperidine rings is 2. The van der Waals surface area contributed by atoms with Crippen LogP contribution in [0.2, 0.25) is 0 Å². The number of nitrogens with zero attached hydrogens (tertiary/aromatic N) is 1. The highest BCUT2D eigenvalue weighted by Crippen LogP contribution is 2.38. The zero-order valence-electron chi connectivity index (χ0n) is 13.9. The lowest BCUT2D eigenvalue weighted by molar-refractivity contribution is 0.246. The molecule has 0 saturated carbocycles. The van der Waals surface area contributed by atoms with E-state index in [1.165, 1.54) is 61.9 Å². The molecule has 0 amide bonds. The molecular weight excluding hydrogens is 256 g/mol. The molecule has 2 aliphatic rings. The zero-order valence-corrected chi connectivity index (χ0v) is 13.9. The van der Waals surface area contributed by atoms with Gasteiger partial charge in [0.2, 0.25) is 0 Å². The van der Waals surface area contributed by atoms with Crippen molar-refractivity contribution in [3.05, 3.63) is 29.3 Å².